The van der Waals surface area contributed by atoms with Crippen LogP contribution in [-0.2, 0) is 13.2 Å². The van der Waals surface area contributed by atoms with Crippen LogP contribution in [0.3, 0.4) is 0 Å². The third kappa shape index (κ3) is 4.87. The summed E-state index contributed by atoms with van der Waals surface area (Å²) in [7, 11) is 0. The maximum absolute atomic E-state index is 11.0. The average molecular weight is 369 g/mol. The molecule has 144 valence electrons. The summed E-state index contributed by atoms with van der Waals surface area (Å²) >= 11 is 0. The van der Waals surface area contributed by atoms with Gasteiger partial charge in [-0.1, -0.05) is 18.2 Å². The lowest BCUT2D eigenvalue weighted by Crippen LogP contribution is -2.33. The Hall–Kier alpha value is -2.37. The Morgan fingerprint density at radius 2 is 2.00 bits per heavy atom. The summed E-state index contributed by atoms with van der Waals surface area (Å²) in [4.78, 5) is 13.5. The summed E-state index contributed by atoms with van der Waals surface area (Å²) < 4.78 is 5.56. The van der Waals surface area contributed by atoms with Crippen LogP contribution in [0.15, 0.2) is 42.5 Å². The molecule has 0 spiro atoms. The molecular formula is C22H27NO4. The first-order chi connectivity index (χ1) is 13.1. The molecule has 1 unspecified atom stereocenters. The highest BCUT2D eigenvalue weighted by molar-refractivity contribution is 5.87. The van der Waals surface area contributed by atoms with E-state index < -0.39 is 5.97 Å². The molecule has 5 heteroatoms. The summed E-state index contributed by atoms with van der Waals surface area (Å²) in [6.07, 6.45) is 2.24. The van der Waals surface area contributed by atoms with E-state index in [9.17, 15) is 9.90 Å². The van der Waals surface area contributed by atoms with Crippen molar-refractivity contribution in [1.29, 1.82) is 0 Å². The van der Waals surface area contributed by atoms with E-state index in [0.717, 1.165) is 43.8 Å². The molecule has 2 aromatic rings. The van der Waals surface area contributed by atoms with Gasteiger partial charge in [0.2, 0.25) is 0 Å². The molecule has 0 bridgehead atoms. The standard InChI is InChI=1S/C22H27NO4/c1-2-27-21-10-5-16(12-20(21)15-24)13-23-11-3-4-19(14-23)17-6-8-18(9-7-17)22(25)26/h5-10,12,19,24H,2-4,11,13-15H2,1H3,(H,25,26). The highest BCUT2D eigenvalue weighted by Gasteiger charge is 2.22. The lowest BCUT2D eigenvalue weighted by Gasteiger charge is -2.33. The van der Waals surface area contributed by atoms with Crippen LogP contribution < -0.4 is 4.74 Å². The molecule has 0 saturated carbocycles. The van der Waals surface area contributed by atoms with Crippen molar-refractivity contribution < 1.29 is 19.7 Å². The smallest absolute Gasteiger partial charge is 0.335 e. The number of aliphatic hydroxyl groups excluding tert-OH is 1. The number of carboxylic acid groups (broad SMARTS) is 1. The lowest BCUT2D eigenvalue weighted by molar-refractivity contribution is 0.0697. The average Bonchev–Trinajstić information content (AvgIpc) is 2.69. The zero-order valence-corrected chi connectivity index (χ0v) is 15.7. The highest BCUT2D eigenvalue weighted by atomic mass is 16.5. The van der Waals surface area contributed by atoms with E-state index in [1.54, 1.807) is 12.1 Å². The van der Waals surface area contributed by atoms with Gasteiger partial charge in [-0.25, -0.2) is 4.79 Å². The molecule has 0 aliphatic carbocycles. The number of benzene rings is 2. The molecule has 1 fully saturated rings. The number of hydrogen-bond acceptors (Lipinski definition) is 4. The molecule has 0 amide bonds. The Bertz CT molecular complexity index is 772. The first kappa shape index (κ1) is 19.4. The first-order valence-corrected chi connectivity index (χ1v) is 9.51. The van der Waals surface area contributed by atoms with Gasteiger partial charge < -0.3 is 14.9 Å². The van der Waals surface area contributed by atoms with Gasteiger partial charge in [0.15, 0.2) is 0 Å². The fraction of sp³-hybridized carbons (Fsp3) is 0.409. The first-order valence-electron chi connectivity index (χ1n) is 9.51. The number of aliphatic hydroxyl groups is 1. The van der Waals surface area contributed by atoms with Gasteiger partial charge in [-0.3, -0.25) is 4.90 Å². The van der Waals surface area contributed by atoms with E-state index in [1.165, 1.54) is 11.1 Å². The maximum atomic E-state index is 11.0. The Labute approximate surface area is 160 Å². The summed E-state index contributed by atoms with van der Waals surface area (Å²) in [5.74, 6) is 0.280. The number of rotatable bonds is 7. The van der Waals surface area contributed by atoms with Crippen LogP contribution in [0.1, 0.15) is 52.7 Å². The van der Waals surface area contributed by atoms with Gasteiger partial charge in [0.05, 0.1) is 18.8 Å². The third-order valence-electron chi connectivity index (χ3n) is 5.14. The number of carboxylic acids is 1. The second-order valence-corrected chi connectivity index (χ2v) is 7.03. The van der Waals surface area contributed by atoms with E-state index in [1.807, 2.05) is 31.2 Å². The number of hydrogen-bond donors (Lipinski definition) is 2. The molecule has 2 N–H and O–H groups in total. The summed E-state index contributed by atoms with van der Waals surface area (Å²) in [5, 5.41) is 18.6. The maximum Gasteiger partial charge on any atom is 0.335 e. The minimum atomic E-state index is -0.887. The van der Waals surface area contributed by atoms with Crippen molar-refractivity contribution in [3.05, 3.63) is 64.7 Å². The van der Waals surface area contributed by atoms with E-state index >= 15 is 0 Å². The van der Waals surface area contributed by atoms with Crippen LogP contribution in [0.5, 0.6) is 5.75 Å². The fourth-order valence-corrected chi connectivity index (χ4v) is 3.78. The molecule has 1 aliphatic rings. The molecule has 1 saturated heterocycles. The summed E-state index contributed by atoms with van der Waals surface area (Å²) in [6.45, 7) is 5.33. The van der Waals surface area contributed by atoms with Crippen LogP contribution >= 0.6 is 0 Å². The van der Waals surface area contributed by atoms with E-state index in [0.29, 0.717) is 18.1 Å². The minimum absolute atomic E-state index is 0.0261. The zero-order valence-electron chi connectivity index (χ0n) is 15.7. The molecule has 0 radical (unpaired) electrons. The van der Waals surface area contributed by atoms with Crippen molar-refractivity contribution in [3.63, 3.8) is 0 Å². The summed E-state index contributed by atoms with van der Waals surface area (Å²) in [6, 6.07) is 13.3. The highest BCUT2D eigenvalue weighted by Crippen LogP contribution is 2.29. The largest absolute Gasteiger partial charge is 0.494 e. The Morgan fingerprint density at radius 3 is 2.67 bits per heavy atom. The SMILES string of the molecule is CCOc1ccc(CN2CCCC(c3ccc(C(=O)O)cc3)C2)cc1CO. The number of ether oxygens (including phenoxy) is 1. The van der Waals surface area contributed by atoms with E-state index in [2.05, 4.69) is 11.0 Å². The van der Waals surface area contributed by atoms with Gasteiger partial charge in [0.1, 0.15) is 5.75 Å². The predicted octanol–water partition coefficient (Wildman–Crippen LogP) is 3.66. The molecule has 27 heavy (non-hydrogen) atoms. The number of piperidine rings is 1. The number of carbonyl (C=O) groups is 1. The second kappa shape index (κ2) is 9.02. The summed E-state index contributed by atoms with van der Waals surface area (Å²) in [5.41, 5.74) is 3.53. The van der Waals surface area contributed by atoms with Gasteiger partial charge >= 0.3 is 5.97 Å². The van der Waals surface area contributed by atoms with Gasteiger partial charge in [-0.15, -0.1) is 0 Å². The van der Waals surface area contributed by atoms with Crippen molar-refractivity contribution in [3.8, 4) is 5.75 Å². The zero-order chi connectivity index (χ0) is 19.2. The number of nitrogens with zero attached hydrogens (tertiary/aromatic N) is 1. The van der Waals surface area contributed by atoms with Crippen molar-refractivity contribution >= 4 is 5.97 Å². The molecular weight excluding hydrogens is 342 g/mol. The van der Waals surface area contributed by atoms with Crippen LogP contribution in [0.4, 0.5) is 0 Å². The third-order valence-corrected chi connectivity index (χ3v) is 5.14. The van der Waals surface area contributed by atoms with Crippen LogP contribution in [-0.4, -0.2) is 40.8 Å². The van der Waals surface area contributed by atoms with Crippen LogP contribution in [0.25, 0.3) is 0 Å². The minimum Gasteiger partial charge on any atom is -0.494 e. The Morgan fingerprint density at radius 1 is 1.22 bits per heavy atom. The van der Waals surface area contributed by atoms with Crippen molar-refractivity contribution in [1.82, 2.24) is 4.90 Å². The molecule has 1 atom stereocenters. The second-order valence-electron chi connectivity index (χ2n) is 7.03. The predicted molar refractivity (Wildman–Crippen MR) is 104 cm³/mol. The normalized spacial score (nSPS) is 17.6. The quantitative estimate of drug-likeness (QED) is 0.779. The van der Waals surface area contributed by atoms with Crippen molar-refractivity contribution in [2.24, 2.45) is 0 Å². The van der Waals surface area contributed by atoms with E-state index in [4.69, 9.17) is 9.84 Å². The molecule has 3 rings (SSSR count). The Balaban J connectivity index is 1.67. The van der Waals surface area contributed by atoms with Crippen LogP contribution in [0, 0.1) is 0 Å². The van der Waals surface area contributed by atoms with Crippen molar-refractivity contribution in [2.45, 2.75) is 38.8 Å². The van der Waals surface area contributed by atoms with Gasteiger partial charge in [-0.05, 0) is 67.6 Å². The lowest BCUT2D eigenvalue weighted by atomic mass is 9.90. The number of aromatic carboxylic acids is 1. The van der Waals surface area contributed by atoms with E-state index in [-0.39, 0.29) is 6.61 Å². The van der Waals surface area contributed by atoms with Gasteiger partial charge in [-0.2, -0.15) is 0 Å². The molecule has 2 aromatic carbocycles. The van der Waals surface area contributed by atoms with Gasteiger partial charge in [0.25, 0.3) is 0 Å². The monoisotopic (exact) mass is 369 g/mol. The molecule has 5 nitrogen and oxygen atoms in total. The Kier molecular flexibility index (Phi) is 6.48. The van der Waals surface area contributed by atoms with Gasteiger partial charge in [0, 0.05) is 18.7 Å². The molecule has 1 aliphatic heterocycles. The van der Waals surface area contributed by atoms with Crippen LogP contribution in [0.2, 0.25) is 0 Å². The number of likely N-dealkylation sites (tertiary alicyclic amines) is 1. The molecule has 0 aromatic heterocycles. The van der Waals surface area contributed by atoms with Crippen molar-refractivity contribution in [2.75, 3.05) is 19.7 Å². The fourth-order valence-electron chi connectivity index (χ4n) is 3.78. The molecule has 1 heterocycles. The topological polar surface area (TPSA) is 70.0 Å².